The average molecular weight is 197 g/mol. The van der Waals surface area contributed by atoms with Crippen molar-refractivity contribution >= 4 is 0 Å². The summed E-state index contributed by atoms with van der Waals surface area (Å²) >= 11 is 0. The van der Waals surface area contributed by atoms with Crippen molar-refractivity contribution in [2.24, 2.45) is 0 Å². The third kappa shape index (κ3) is 3.61. The zero-order valence-corrected chi connectivity index (χ0v) is 10.1. The summed E-state index contributed by atoms with van der Waals surface area (Å²) < 4.78 is 0. The van der Waals surface area contributed by atoms with Crippen molar-refractivity contribution in [2.45, 2.75) is 77.2 Å². The van der Waals surface area contributed by atoms with E-state index in [-0.39, 0.29) is 0 Å². The monoisotopic (exact) mass is 197 g/mol. The molecule has 0 amide bonds. The maximum absolute atomic E-state index is 3.76. The van der Waals surface area contributed by atoms with Gasteiger partial charge in [-0.05, 0) is 38.6 Å². The fourth-order valence-corrected chi connectivity index (χ4v) is 2.34. The second kappa shape index (κ2) is 6.44. The Morgan fingerprint density at radius 2 is 1.71 bits per heavy atom. The highest BCUT2D eigenvalue weighted by Crippen LogP contribution is 2.34. The van der Waals surface area contributed by atoms with Crippen LogP contribution in [0.15, 0.2) is 0 Å². The predicted octanol–water partition coefficient (Wildman–Crippen LogP) is 3.88. The molecular weight excluding hydrogens is 170 g/mol. The van der Waals surface area contributed by atoms with E-state index < -0.39 is 0 Å². The van der Waals surface area contributed by atoms with Gasteiger partial charge in [-0.25, -0.2) is 0 Å². The maximum Gasteiger partial charge on any atom is 0.0178 e. The van der Waals surface area contributed by atoms with Crippen LogP contribution in [-0.2, 0) is 0 Å². The van der Waals surface area contributed by atoms with Gasteiger partial charge in [-0.3, -0.25) is 0 Å². The first-order chi connectivity index (χ1) is 6.83. The van der Waals surface area contributed by atoms with Gasteiger partial charge in [-0.2, -0.15) is 0 Å². The summed E-state index contributed by atoms with van der Waals surface area (Å²) in [5.74, 6) is 0. The molecule has 0 aliphatic heterocycles. The largest absolute Gasteiger partial charge is 0.311 e. The topological polar surface area (TPSA) is 12.0 Å². The van der Waals surface area contributed by atoms with Crippen molar-refractivity contribution in [3.8, 4) is 0 Å². The first-order valence-corrected chi connectivity index (χ1v) is 6.58. The summed E-state index contributed by atoms with van der Waals surface area (Å²) in [5, 5.41) is 3.76. The van der Waals surface area contributed by atoms with Crippen LogP contribution in [0.3, 0.4) is 0 Å². The van der Waals surface area contributed by atoms with Crippen molar-refractivity contribution in [1.29, 1.82) is 0 Å². The molecule has 0 unspecified atom stereocenters. The molecule has 0 heterocycles. The Labute approximate surface area is 89.7 Å². The Hall–Kier alpha value is -0.0400. The highest BCUT2D eigenvalue weighted by molar-refractivity contribution is 4.94. The first-order valence-electron chi connectivity index (χ1n) is 6.58. The van der Waals surface area contributed by atoms with E-state index in [1.54, 1.807) is 0 Å². The Kier molecular flexibility index (Phi) is 5.54. The summed E-state index contributed by atoms with van der Waals surface area (Å²) in [5.41, 5.74) is 0.560. The fraction of sp³-hybridized carbons (Fsp3) is 1.00. The Morgan fingerprint density at radius 1 is 1.00 bits per heavy atom. The summed E-state index contributed by atoms with van der Waals surface area (Å²) in [4.78, 5) is 0. The van der Waals surface area contributed by atoms with E-state index in [4.69, 9.17) is 0 Å². The normalized spacial score (nSPS) is 19.3. The lowest BCUT2D eigenvalue weighted by molar-refractivity contribution is 0.177. The van der Waals surface area contributed by atoms with Gasteiger partial charge >= 0.3 is 0 Å². The van der Waals surface area contributed by atoms with Gasteiger partial charge in [0.1, 0.15) is 0 Å². The number of hydrogen-bond donors (Lipinski definition) is 1. The highest BCUT2D eigenvalue weighted by atomic mass is 15.0. The van der Waals surface area contributed by atoms with Gasteiger partial charge in [0, 0.05) is 5.54 Å². The highest BCUT2D eigenvalue weighted by Gasteiger charge is 2.33. The average Bonchev–Trinajstić information content (AvgIpc) is 2.15. The summed E-state index contributed by atoms with van der Waals surface area (Å²) in [6.07, 6.45) is 12.6. The van der Waals surface area contributed by atoms with Crippen molar-refractivity contribution in [3.63, 3.8) is 0 Å². The van der Waals surface area contributed by atoms with E-state index >= 15 is 0 Å². The standard InChI is InChI=1S/C13H27N/c1-3-5-6-7-8-12-14-13(4-2)10-9-11-13/h14H,3-12H2,1-2H3. The number of hydrogen-bond acceptors (Lipinski definition) is 1. The zero-order valence-electron chi connectivity index (χ0n) is 10.1. The van der Waals surface area contributed by atoms with Crippen LogP contribution >= 0.6 is 0 Å². The summed E-state index contributed by atoms with van der Waals surface area (Å²) in [6, 6.07) is 0. The van der Waals surface area contributed by atoms with Crippen LogP contribution in [0, 0.1) is 0 Å². The second-order valence-electron chi connectivity index (χ2n) is 4.83. The Morgan fingerprint density at radius 3 is 2.21 bits per heavy atom. The Bertz CT molecular complexity index is 133. The van der Waals surface area contributed by atoms with Gasteiger partial charge in [0.15, 0.2) is 0 Å². The molecule has 1 aliphatic rings. The van der Waals surface area contributed by atoms with E-state index in [1.807, 2.05) is 0 Å². The van der Waals surface area contributed by atoms with Crippen LogP contribution in [0.4, 0.5) is 0 Å². The molecule has 0 radical (unpaired) electrons. The SMILES string of the molecule is CCCCCCCNC1(CC)CCC1. The molecule has 0 bridgehead atoms. The molecular formula is C13H27N. The van der Waals surface area contributed by atoms with E-state index in [2.05, 4.69) is 19.2 Å². The van der Waals surface area contributed by atoms with Gasteiger partial charge in [-0.15, -0.1) is 0 Å². The van der Waals surface area contributed by atoms with Crippen molar-refractivity contribution in [3.05, 3.63) is 0 Å². The smallest absolute Gasteiger partial charge is 0.0178 e. The van der Waals surface area contributed by atoms with E-state index in [1.165, 1.54) is 64.3 Å². The number of nitrogens with one attached hydrogen (secondary N) is 1. The molecule has 0 aromatic rings. The van der Waals surface area contributed by atoms with Crippen molar-refractivity contribution in [1.82, 2.24) is 5.32 Å². The molecule has 14 heavy (non-hydrogen) atoms. The van der Waals surface area contributed by atoms with Gasteiger partial charge in [0.25, 0.3) is 0 Å². The molecule has 0 aromatic heterocycles. The lowest BCUT2D eigenvalue weighted by Crippen LogP contribution is -2.50. The second-order valence-corrected chi connectivity index (χ2v) is 4.83. The minimum absolute atomic E-state index is 0.560. The number of rotatable bonds is 8. The van der Waals surface area contributed by atoms with Crippen LogP contribution < -0.4 is 5.32 Å². The summed E-state index contributed by atoms with van der Waals surface area (Å²) in [6.45, 7) is 5.85. The van der Waals surface area contributed by atoms with Gasteiger partial charge < -0.3 is 5.32 Å². The molecule has 0 atom stereocenters. The first kappa shape index (κ1) is 12.0. The molecule has 84 valence electrons. The van der Waals surface area contributed by atoms with Gasteiger partial charge in [0.2, 0.25) is 0 Å². The molecule has 1 N–H and O–H groups in total. The number of unbranched alkanes of at least 4 members (excludes halogenated alkanes) is 4. The van der Waals surface area contributed by atoms with E-state index in [9.17, 15) is 0 Å². The van der Waals surface area contributed by atoms with E-state index in [0.29, 0.717) is 5.54 Å². The molecule has 1 fully saturated rings. The minimum atomic E-state index is 0.560. The molecule has 1 saturated carbocycles. The van der Waals surface area contributed by atoms with Gasteiger partial charge in [0.05, 0.1) is 0 Å². The molecule has 1 nitrogen and oxygen atoms in total. The zero-order chi connectivity index (χ0) is 10.3. The van der Waals surface area contributed by atoms with E-state index in [0.717, 1.165) is 0 Å². The summed E-state index contributed by atoms with van der Waals surface area (Å²) in [7, 11) is 0. The quantitative estimate of drug-likeness (QED) is 0.582. The molecule has 0 aromatic carbocycles. The lowest BCUT2D eigenvalue weighted by atomic mass is 9.75. The minimum Gasteiger partial charge on any atom is -0.311 e. The van der Waals surface area contributed by atoms with Crippen molar-refractivity contribution < 1.29 is 0 Å². The molecule has 1 rings (SSSR count). The van der Waals surface area contributed by atoms with Crippen LogP contribution in [0.5, 0.6) is 0 Å². The maximum atomic E-state index is 3.76. The van der Waals surface area contributed by atoms with Crippen LogP contribution in [-0.4, -0.2) is 12.1 Å². The lowest BCUT2D eigenvalue weighted by Gasteiger charge is -2.42. The van der Waals surface area contributed by atoms with Crippen LogP contribution in [0.2, 0.25) is 0 Å². The Balaban J connectivity index is 1.92. The molecule has 0 spiro atoms. The molecule has 0 saturated heterocycles. The fourth-order valence-electron chi connectivity index (χ4n) is 2.34. The molecule has 1 aliphatic carbocycles. The van der Waals surface area contributed by atoms with Crippen molar-refractivity contribution in [2.75, 3.05) is 6.54 Å². The molecule has 1 heteroatoms. The van der Waals surface area contributed by atoms with Crippen LogP contribution in [0.1, 0.15) is 71.6 Å². The third-order valence-electron chi connectivity index (χ3n) is 3.77. The van der Waals surface area contributed by atoms with Gasteiger partial charge in [-0.1, -0.05) is 39.5 Å². The van der Waals surface area contributed by atoms with Crippen LogP contribution in [0.25, 0.3) is 0 Å². The third-order valence-corrected chi connectivity index (χ3v) is 3.77. The predicted molar refractivity (Wildman–Crippen MR) is 63.6 cm³/mol.